The van der Waals surface area contributed by atoms with Gasteiger partial charge in [-0.2, -0.15) is 0 Å². The maximum Gasteiger partial charge on any atom is 0.219 e. The van der Waals surface area contributed by atoms with E-state index in [1.54, 1.807) is 6.92 Å². The minimum Gasteiger partial charge on any atom is -0.352 e. The number of carbonyl (C=O) groups excluding carboxylic acids is 1. The molecule has 1 fully saturated rings. The van der Waals surface area contributed by atoms with Crippen molar-refractivity contribution >= 4 is 11.7 Å². The quantitative estimate of drug-likeness (QED) is 0.849. The number of hydrogen-bond acceptors (Lipinski definition) is 3. The molecule has 1 unspecified atom stereocenters. The summed E-state index contributed by atoms with van der Waals surface area (Å²) in [4.78, 5) is 20.8. The van der Waals surface area contributed by atoms with Crippen LogP contribution in [-0.4, -0.2) is 34.4 Å². The van der Waals surface area contributed by atoms with Crippen LogP contribution in [0.4, 0.5) is 5.82 Å². The summed E-state index contributed by atoms with van der Waals surface area (Å²) in [6, 6.07) is 5.27. The van der Waals surface area contributed by atoms with Crippen molar-refractivity contribution in [3.8, 4) is 0 Å². The van der Waals surface area contributed by atoms with Gasteiger partial charge in [0.05, 0.1) is 6.04 Å². The number of pyridine rings is 1. The summed E-state index contributed by atoms with van der Waals surface area (Å²) in [5, 5.41) is 0. The van der Waals surface area contributed by atoms with Gasteiger partial charge >= 0.3 is 0 Å². The van der Waals surface area contributed by atoms with Gasteiger partial charge in [0.15, 0.2) is 0 Å². The van der Waals surface area contributed by atoms with Crippen LogP contribution in [0.3, 0.4) is 0 Å². The van der Waals surface area contributed by atoms with Crippen molar-refractivity contribution in [2.75, 3.05) is 11.4 Å². The summed E-state index contributed by atoms with van der Waals surface area (Å²) in [5.41, 5.74) is 1.16. The zero-order valence-electron chi connectivity index (χ0n) is 14.5. The number of piperidine rings is 1. The van der Waals surface area contributed by atoms with E-state index in [1.165, 1.54) is 6.42 Å². The molecule has 0 aromatic carbocycles. The van der Waals surface area contributed by atoms with Crippen LogP contribution in [-0.2, 0) is 4.79 Å². The molecule has 1 saturated heterocycles. The van der Waals surface area contributed by atoms with Crippen LogP contribution in [0.5, 0.6) is 0 Å². The molecule has 1 atom stereocenters. The molecule has 0 spiro atoms. The van der Waals surface area contributed by atoms with E-state index < -0.39 is 0 Å². The molecule has 0 aliphatic carbocycles. The highest BCUT2D eigenvalue weighted by atomic mass is 16.2. The third-order valence-electron chi connectivity index (χ3n) is 4.44. The molecule has 0 saturated carbocycles. The molecule has 1 aromatic rings. The van der Waals surface area contributed by atoms with Crippen molar-refractivity contribution < 1.29 is 4.79 Å². The first-order valence-corrected chi connectivity index (χ1v) is 8.43. The summed E-state index contributed by atoms with van der Waals surface area (Å²) >= 11 is 0. The van der Waals surface area contributed by atoms with E-state index in [4.69, 9.17) is 0 Å². The Bertz CT molecular complexity index is 488. The van der Waals surface area contributed by atoms with Gasteiger partial charge in [-0.1, -0.05) is 6.07 Å². The Hall–Kier alpha value is -1.58. The van der Waals surface area contributed by atoms with E-state index >= 15 is 0 Å². The van der Waals surface area contributed by atoms with E-state index in [-0.39, 0.29) is 11.9 Å². The summed E-state index contributed by atoms with van der Waals surface area (Å²) in [5.74, 6) is 1.18. The van der Waals surface area contributed by atoms with Gasteiger partial charge < -0.3 is 9.80 Å². The fourth-order valence-electron chi connectivity index (χ4n) is 3.53. The highest BCUT2D eigenvalue weighted by Crippen LogP contribution is 2.31. The van der Waals surface area contributed by atoms with Crippen molar-refractivity contribution in [3.05, 3.63) is 23.9 Å². The highest BCUT2D eigenvalue weighted by molar-refractivity contribution is 5.74. The number of aromatic nitrogens is 1. The van der Waals surface area contributed by atoms with E-state index in [0.29, 0.717) is 12.1 Å². The second-order valence-corrected chi connectivity index (χ2v) is 6.77. The summed E-state index contributed by atoms with van der Waals surface area (Å²) in [6.45, 7) is 11.3. The van der Waals surface area contributed by atoms with Crippen LogP contribution in [0.15, 0.2) is 18.3 Å². The summed E-state index contributed by atoms with van der Waals surface area (Å²) in [6.07, 6.45) is 5.29. The maximum atomic E-state index is 11.8. The first-order chi connectivity index (χ1) is 10.4. The van der Waals surface area contributed by atoms with Gasteiger partial charge in [-0.3, -0.25) is 4.79 Å². The van der Waals surface area contributed by atoms with Gasteiger partial charge in [-0.05, 0) is 58.6 Å². The Labute approximate surface area is 134 Å². The normalized spacial score (nSPS) is 18.9. The lowest BCUT2D eigenvalue weighted by Gasteiger charge is -2.36. The predicted octanol–water partition coefficient (Wildman–Crippen LogP) is 3.78. The first-order valence-electron chi connectivity index (χ1n) is 8.43. The number of rotatable bonds is 4. The molecule has 4 heteroatoms. The van der Waals surface area contributed by atoms with E-state index in [9.17, 15) is 4.79 Å². The Morgan fingerprint density at radius 2 is 1.91 bits per heavy atom. The topological polar surface area (TPSA) is 36.4 Å². The molecule has 0 N–H and O–H groups in total. The van der Waals surface area contributed by atoms with Crippen molar-refractivity contribution in [1.29, 1.82) is 0 Å². The van der Waals surface area contributed by atoms with Gasteiger partial charge in [0, 0.05) is 31.7 Å². The zero-order valence-corrected chi connectivity index (χ0v) is 14.5. The molecule has 2 heterocycles. The molecule has 1 aliphatic rings. The molecule has 22 heavy (non-hydrogen) atoms. The average molecular weight is 303 g/mol. The molecule has 0 radical (unpaired) electrons. The van der Waals surface area contributed by atoms with E-state index in [0.717, 1.165) is 30.8 Å². The molecule has 1 aromatic heterocycles. The van der Waals surface area contributed by atoms with Crippen molar-refractivity contribution in [1.82, 2.24) is 9.88 Å². The average Bonchev–Trinajstić information content (AvgIpc) is 2.47. The van der Waals surface area contributed by atoms with Crippen LogP contribution in [0.25, 0.3) is 0 Å². The number of amides is 1. The largest absolute Gasteiger partial charge is 0.352 e. The third kappa shape index (κ3) is 3.60. The van der Waals surface area contributed by atoms with Crippen LogP contribution < -0.4 is 4.90 Å². The van der Waals surface area contributed by atoms with Crippen LogP contribution in [0.2, 0.25) is 0 Å². The van der Waals surface area contributed by atoms with Crippen molar-refractivity contribution in [3.63, 3.8) is 0 Å². The minimum absolute atomic E-state index is 0.166. The fraction of sp³-hybridized carbons (Fsp3) is 0.667. The second kappa shape index (κ2) is 7.12. The maximum absolute atomic E-state index is 11.8. The first kappa shape index (κ1) is 16.8. The zero-order chi connectivity index (χ0) is 16.3. The molecule has 0 bridgehead atoms. The van der Waals surface area contributed by atoms with Crippen molar-refractivity contribution in [2.45, 2.75) is 72.0 Å². The van der Waals surface area contributed by atoms with E-state index in [1.807, 2.05) is 11.1 Å². The van der Waals surface area contributed by atoms with Crippen molar-refractivity contribution in [2.24, 2.45) is 0 Å². The highest BCUT2D eigenvalue weighted by Gasteiger charge is 2.26. The monoisotopic (exact) mass is 303 g/mol. The second-order valence-electron chi connectivity index (χ2n) is 6.77. The number of carbonyl (C=O) groups is 1. The van der Waals surface area contributed by atoms with E-state index in [2.05, 4.69) is 49.7 Å². The molecular weight excluding hydrogens is 274 g/mol. The molecule has 2 rings (SSSR count). The van der Waals surface area contributed by atoms with Crippen LogP contribution >= 0.6 is 0 Å². The van der Waals surface area contributed by atoms with Gasteiger partial charge in [-0.25, -0.2) is 4.98 Å². The SMILES string of the molecule is CC(=O)N1CCCCC1c1ccc(N(C(C)C)C(C)C)nc1. The molecular formula is C18H29N3O. The van der Waals surface area contributed by atoms with Gasteiger partial charge in [0.25, 0.3) is 0 Å². The molecule has 122 valence electrons. The lowest BCUT2D eigenvalue weighted by molar-refractivity contribution is -0.132. The Balaban J connectivity index is 2.22. The predicted molar refractivity (Wildman–Crippen MR) is 91.0 cm³/mol. The van der Waals surface area contributed by atoms with Crippen LogP contribution in [0.1, 0.15) is 65.5 Å². The third-order valence-corrected chi connectivity index (χ3v) is 4.44. The number of anilines is 1. The lowest BCUT2D eigenvalue weighted by Crippen LogP contribution is -2.38. The summed E-state index contributed by atoms with van der Waals surface area (Å²) < 4.78 is 0. The fourth-order valence-corrected chi connectivity index (χ4v) is 3.53. The Kier molecular flexibility index (Phi) is 5.43. The van der Waals surface area contributed by atoms with Crippen LogP contribution in [0, 0.1) is 0 Å². The number of likely N-dealkylation sites (tertiary alicyclic amines) is 1. The smallest absolute Gasteiger partial charge is 0.219 e. The standard InChI is InChI=1S/C18H29N3O/c1-13(2)21(14(3)4)18-10-9-16(12-19-18)17-8-6-7-11-20(17)15(5)22/h9-10,12-14,17H,6-8,11H2,1-5H3. The summed E-state index contributed by atoms with van der Waals surface area (Å²) in [7, 11) is 0. The molecule has 1 amide bonds. The van der Waals surface area contributed by atoms with Gasteiger partial charge in [0.2, 0.25) is 5.91 Å². The Morgan fingerprint density at radius 3 is 2.41 bits per heavy atom. The number of nitrogens with zero attached hydrogens (tertiary/aromatic N) is 3. The van der Waals surface area contributed by atoms with Gasteiger partial charge in [0.1, 0.15) is 5.82 Å². The number of hydrogen-bond donors (Lipinski definition) is 0. The lowest BCUT2D eigenvalue weighted by atomic mass is 9.96. The molecule has 4 nitrogen and oxygen atoms in total. The molecule has 1 aliphatic heterocycles. The van der Waals surface area contributed by atoms with Gasteiger partial charge in [-0.15, -0.1) is 0 Å². The minimum atomic E-state index is 0.166. The Morgan fingerprint density at radius 1 is 1.23 bits per heavy atom.